The van der Waals surface area contributed by atoms with Gasteiger partial charge in [0.15, 0.2) is 35.5 Å². The lowest BCUT2D eigenvalue weighted by Gasteiger charge is -2.31. The van der Waals surface area contributed by atoms with E-state index >= 15 is 0 Å². The number of aliphatic imine (C=N–C) groups is 1. The molecular formula is C50H65N7O11. The molecule has 0 aromatic heterocycles. The van der Waals surface area contributed by atoms with E-state index in [4.69, 9.17) is 29.4 Å². The van der Waals surface area contributed by atoms with Crippen LogP contribution in [0.2, 0.25) is 0 Å². The van der Waals surface area contributed by atoms with E-state index in [1.54, 1.807) is 56.6 Å². The third-order valence-corrected chi connectivity index (χ3v) is 12.3. The van der Waals surface area contributed by atoms with Crippen LogP contribution >= 0.6 is 0 Å². The highest BCUT2D eigenvalue weighted by molar-refractivity contribution is 6.06. The molecule has 0 saturated heterocycles. The fourth-order valence-electron chi connectivity index (χ4n) is 8.36. The van der Waals surface area contributed by atoms with E-state index in [-0.39, 0.29) is 47.9 Å². The fourth-order valence-corrected chi connectivity index (χ4v) is 8.36. The van der Waals surface area contributed by atoms with Crippen molar-refractivity contribution in [1.29, 1.82) is 0 Å². The maximum absolute atomic E-state index is 14.1. The molecule has 6 atom stereocenters. The van der Waals surface area contributed by atoms with Crippen molar-refractivity contribution in [2.24, 2.45) is 16.6 Å². The predicted molar refractivity (Wildman–Crippen MR) is 257 cm³/mol. The molecule has 18 nitrogen and oxygen atoms in total. The molecule has 6 N–H and O–H groups in total. The first-order chi connectivity index (χ1) is 32.4. The lowest BCUT2D eigenvalue weighted by atomic mass is 10.0. The summed E-state index contributed by atoms with van der Waals surface area (Å²) >= 11 is 0. The molecule has 3 aromatic carbocycles. The maximum atomic E-state index is 14.1. The van der Waals surface area contributed by atoms with Crippen LogP contribution in [0.25, 0.3) is 0 Å². The van der Waals surface area contributed by atoms with Crippen LogP contribution in [0, 0.1) is 5.92 Å². The summed E-state index contributed by atoms with van der Waals surface area (Å²) in [5.41, 5.74) is 10.2. The highest BCUT2D eigenvalue weighted by atomic mass is 16.6. The second kappa shape index (κ2) is 22.4. The van der Waals surface area contributed by atoms with Gasteiger partial charge in [-0.1, -0.05) is 37.1 Å². The molecule has 0 spiro atoms. The van der Waals surface area contributed by atoms with Crippen molar-refractivity contribution in [2.45, 2.75) is 117 Å². The molecular weight excluding hydrogens is 875 g/mol. The number of methoxy groups -OCH3 is 2. The number of rotatable bonds is 20. The number of aliphatic hydroxyl groups is 2. The third kappa shape index (κ3) is 11.5. The zero-order valence-corrected chi connectivity index (χ0v) is 40.1. The van der Waals surface area contributed by atoms with Crippen LogP contribution in [0.3, 0.4) is 0 Å². The number of nitrogens with two attached hydrogens (primary N) is 1. The monoisotopic (exact) mass is 939 g/mol. The van der Waals surface area contributed by atoms with E-state index in [0.29, 0.717) is 66.3 Å². The number of benzene rings is 3. The Morgan fingerprint density at radius 3 is 2.12 bits per heavy atom. The topological polar surface area (TPSA) is 227 Å². The molecule has 0 radical (unpaired) electrons. The van der Waals surface area contributed by atoms with Crippen molar-refractivity contribution in [3.05, 3.63) is 88.8 Å². The largest absolute Gasteiger partial charge is 0.493 e. The number of hydrogen-bond donors (Lipinski definition) is 5. The van der Waals surface area contributed by atoms with Gasteiger partial charge in [-0.25, -0.2) is 9.69 Å². The predicted octanol–water partition coefficient (Wildman–Crippen LogP) is 6.67. The first-order valence-electron chi connectivity index (χ1n) is 22.8. The zero-order valence-electron chi connectivity index (χ0n) is 40.1. The van der Waals surface area contributed by atoms with E-state index in [1.165, 1.54) is 29.7 Å². The van der Waals surface area contributed by atoms with Crippen LogP contribution in [0.4, 0.5) is 21.9 Å². The standard InChI is InChI=1S/C50H65N7O11/c1-28(2)44(51)46(59)53-32(6)45(58)54-34-15-13-33(14-16-34)27-68-50(63)57-38-24-43(41(65-9)22-36(38)48(61)56-26-30(4)20-39(56)49(57)62)67-18-12-10-11-17-66-42-23-37(52-7)35(21-40(42)64-8)47(60)55-25-29(3)19-31(55)5/h13-16,21-26,28,31-32,39,44,47,49,60,62H,7,10-12,17-20,27,51H2,1-6,8-9H3,(H,53,59)(H,54,58)/t31-,32+,39+,44+,47?,49+/m1/s1. The van der Waals surface area contributed by atoms with Crippen LogP contribution in [-0.2, 0) is 20.9 Å². The van der Waals surface area contributed by atoms with Crippen LogP contribution in [0.15, 0.2) is 77.1 Å². The molecule has 3 aromatic rings. The minimum absolute atomic E-state index is 0.0909. The zero-order chi connectivity index (χ0) is 49.4. The van der Waals surface area contributed by atoms with Crippen molar-refractivity contribution in [3.63, 3.8) is 0 Å². The minimum Gasteiger partial charge on any atom is -0.493 e. The number of aliphatic hydroxyl groups excluding tert-OH is 2. The number of carbonyl (C=O) groups excluding carboxylic acids is 4. The Hall–Kier alpha value is -6.63. The van der Waals surface area contributed by atoms with E-state index < -0.39 is 54.4 Å². The Morgan fingerprint density at radius 1 is 0.882 bits per heavy atom. The Morgan fingerprint density at radius 2 is 1.51 bits per heavy atom. The molecule has 4 amide bonds. The minimum atomic E-state index is -1.48. The molecule has 68 heavy (non-hydrogen) atoms. The number of nitrogens with zero attached hydrogens (tertiary/aromatic N) is 4. The van der Waals surface area contributed by atoms with Gasteiger partial charge in [-0.15, -0.1) is 0 Å². The van der Waals surface area contributed by atoms with Gasteiger partial charge in [0.05, 0.1) is 56.5 Å². The fraction of sp³-hybridized carbons (Fsp3) is 0.460. The Labute approximate surface area is 397 Å². The number of carbonyl (C=O) groups is 4. The van der Waals surface area contributed by atoms with Gasteiger partial charge in [-0.05, 0) is 102 Å². The SMILES string of the molecule is C=Nc1cc(OCCCCCOc2cc3c(cc2OC)C(=O)N2C=C(C)C[C@H]2[C@H](O)N3C(=O)OCc2ccc(NC(=O)[C@H](C)NC(=O)[C@@H](N)C(C)C)cc2)c(OC)cc1C(O)N1C=C(C)C[C@H]1C. The van der Waals surface area contributed by atoms with E-state index in [2.05, 4.69) is 29.3 Å². The van der Waals surface area contributed by atoms with Gasteiger partial charge < -0.3 is 60.1 Å². The number of hydrogen-bond acceptors (Lipinski definition) is 14. The lowest BCUT2D eigenvalue weighted by Crippen LogP contribution is -2.50. The Bertz CT molecular complexity index is 2400. The molecule has 0 fully saturated rings. The molecule has 0 saturated carbocycles. The average molecular weight is 940 g/mol. The summed E-state index contributed by atoms with van der Waals surface area (Å²) in [5.74, 6) is 0.0777. The number of unbranched alkanes of at least 4 members (excludes halogenated alkanes) is 2. The summed E-state index contributed by atoms with van der Waals surface area (Å²) in [6.07, 6.45) is 3.51. The molecule has 3 aliphatic rings. The Kier molecular flexibility index (Phi) is 16.8. The van der Waals surface area contributed by atoms with Crippen molar-refractivity contribution in [1.82, 2.24) is 15.1 Å². The summed E-state index contributed by atoms with van der Waals surface area (Å²) in [6.45, 7) is 15.3. The first-order valence-corrected chi connectivity index (χ1v) is 22.8. The summed E-state index contributed by atoms with van der Waals surface area (Å²) in [5, 5.41) is 28.4. The van der Waals surface area contributed by atoms with Gasteiger partial charge in [-0.3, -0.25) is 19.4 Å². The third-order valence-electron chi connectivity index (χ3n) is 12.3. The Balaban J connectivity index is 1.08. The van der Waals surface area contributed by atoms with Gasteiger partial charge >= 0.3 is 6.09 Å². The number of ether oxygens (including phenoxy) is 5. The van der Waals surface area contributed by atoms with Gasteiger partial charge in [0, 0.05) is 41.8 Å². The van der Waals surface area contributed by atoms with E-state index in [0.717, 1.165) is 16.9 Å². The average Bonchev–Trinajstić information content (AvgIpc) is 3.87. The molecule has 18 heteroatoms. The summed E-state index contributed by atoms with van der Waals surface area (Å²) in [7, 11) is 3.00. The maximum Gasteiger partial charge on any atom is 0.416 e. The van der Waals surface area contributed by atoms with Gasteiger partial charge in [0.1, 0.15) is 12.6 Å². The molecule has 3 aliphatic heterocycles. The summed E-state index contributed by atoms with van der Waals surface area (Å²) < 4.78 is 29.4. The number of nitrogens with one attached hydrogen (secondary N) is 2. The van der Waals surface area contributed by atoms with E-state index in [9.17, 15) is 29.4 Å². The van der Waals surface area contributed by atoms with Crippen LogP contribution in [0.5, 0.6) is 23.0 Å². The quantitative estimate of drug-likeness (QED) is 0.0590. The van der Waals surface area contributed by atoms with Crippen molar-refractivity contribution >= 4 is 47.6 Å². The van der Waals surface area contributed by atoms with Crippen molar-refractivity contribution < 1.29 is 53.1 Å². The number of amides is 4. The highest BCUT2D eigenvalue weighted by Crippen LogP contribution is 2.43. The normalized spacial score (nSPS) is 18.9. The second-order valence-electron chi connectivity index (χ2n) is 17.8. The van der Waals surface area contributed by atoms with Gasteiger partial charge in [0.2, 0.25) is 11.8 Å². The summed E-state index contributed by atoms with van der Waals surface area (Å²) in [4.78, 5) is 61.8. The molecule has 0 aliphatic carbocycles. The highest BCUT2D eigenvalue weighted by Gasteiger charge is 2.45. The van der Waals surface area contributed by atoms with Crippen molar-refractivity contribution in [3.8, 4) is 23.0 Å². The van der Waals surface area contributed by atoms with E-state index in [1.807, 2.05) is 38.8 Å². The van der Waals surface area contributed by atoms with Gasteiger partial charge in [-0.2, -0.15) is 0 Å². The smallest absolute Gasteiger partial charge is 0.416 e. The van der Waals surface area contributed by atoms with Gasteiger partial charge in [0.25, 0.3) is 5.91 Å². The number of fused-ring (bicyclic) bond motifs is 2. The molecule has 3 heterocycles. The second-order valence-corrected chi connectivity index (χ2v) is 17.8. The summed E-state index contributed by atoms with van der Waals surface area (Å²) in [6, 6.07) is 10.8. The van der Waals surface area contributed by atoms with Crippen molar-refractivity contribution in [2.75, 3.05) is 37.7 Å². The van der Waals surface area contributed by atoms with Crippen LogP contribution in [0.1, 0.15) is 101 Å². The number of anilines is 2. The molecule has 366 valence electrons. The van der Waals surface area contributed by atoms with Crippen LogP contribution in [-0.4, -0.2) is 108 Å². The van der Waals surface area contributed by atoms with Crippen LogP contribution < -0.4 is 40.2 Å². The molecule has 6 rings (SSSR count). The first kappa shape index (κ1) is 50.8. The molecule has 0 bridgehead atoms. The lowest BCUT2D eigenvalue weighted by molar-refractivity contribution is -0.127. The molecule has 1 unspecified atom stereocenters.